The van der Waals surface area contributed by atoms with Gasteiger partial charge >= 0.3 is 0 Å². The van der Waals surface area contributed by atoms with Gasteiger partial charge in [0.05, 0.1) is 0 Å². The van der Waals surface area contributed by atoms with Crippen molar-refractivity contribution in [1.82, 2.24) is 5.32 Å². The predicted octanol–water partition coefficient (Wildman–Crippen LogP) is 3.83. The summed E-state index contributed by atoms with van der Waals surface area (Å²) in [7, 11) is 0. The quantitative estimate of drug-likeness (QED) is 0.843. The molecule has 0 saturated carbocycles. The minimum absolute atomic E-state index is 0.979. The number of hydrogen-bond acceptors (Lipinski definition) is 2. The Hall–Kier alpha value is -1.12. The van der Waals surface area contributed by atoms with Gasteiger partial charge in [0, 0.05) is 16.3 Å². The zero-order valence-corrected chi connectivity index (χ0v) is 10.6. The van der Waals surface area contributed by atoms with Gasteiger partial charge in [-0.2, -0.15) is 0 Å². The van der Waals surface area contributed by atoms with E-state index in [4.69, 9.17) is 0 Å². The van der Waals surface area contributed by atoms with Crippen LogP contribution >= 0.6 is 11.3 Å². The number of benzene rings is 1. The minimum atomic E-state index is 0.979. The van der Waals surface area contributed by atoms with E-state index < -0.39 is 0 Å². The molecule has 0 aliphatic rings. The van der Waals surface area contributed by atoms with E-state index in [9.17, 15) is 0 Å². The lowest BCUT2D eigenvalue weighted by Crippen LogP contribution is -2.10. The van der Waals surface area contributed by atoms with Crippen molar-refractivity contribution in [2.24, 2.45) is 0 Å². The molecule has 0 amide bonds. The van der Waals surface area contributed by atoms with Gasteiger partial charge in [-0.05, 0) is 31.2 Å². The van der Waals surface area contributed by atoms with Crippen LogP contribution in [0.1, 0.15) is 17.4 Å². The van der Waals surface area contributed by atoms with E-state index in [1.54, 1.807) is 0 Å². The summed E-state index contributed by atoms with van der Waals surface area (Å²) < 4.78 is 0. The molecule has 2 aromatic rings. The highest BCUT2D eigenvalue weighted by molar-refractivity contribution is 7.15. The molecular weight excluding hydrogens is 214 g/mol. The Balaban J connectivity index is 2.15. The molecule has 84 valence electrons. The highest BCUT2D eigenvalue weighted by atomic mass is 32.1. The lowest BCUT2D eigenvalue weighted by Gasteiger charge is -1.98. The Morgan fingerprint density at radius 2 is 1.81 bits per heavy atom. The van der Waals surface area contributed by atoms with Crippen LogP contribution in [0.4, 0.5) is 0 Å². The van der Waals surface area contributed by atoms with Crippen molar-refractivity contribution in [3.8, 4) is 10.4 Å². The monoisotopic (exact) mass is 231 g/mol. The van der Waals surface area contributed by atoms with Crippen molar-refractivity contribution in [1.29, 1.82) is 0 Å². The summed E-state index contributed by atoms with van der Waals surface area (Å²) >= 11 is 1.87. The standard InChI is InChI=1S/C14H17NS/c1-3-15-10-13-8-9-14(16-13)12-6-4-11(2)5-7-12/h4-9,15H,3,10H2,1-2H3. The summed E-state index contributed by atoms with van der Waals surface area (Å²) in [5.41, 5.74) is 2.63. The molecular formula is C14H17NS. The van der Waals surface area contributed by atoms with E-state index in [-0.39, 0.29) is 0 Å². The molecule has 0 aliphatic heterocycles. The van der Waals surface area contributed by atoms with E-state index >= 15 is 0 Å². The van der Waals surface area contributed by atoms with Gasteiger partial charge in [-0.1, -0.05) is 36.8 Å². The van der Waals surface area contributed by atoms with Crippen LogP contribution in [-0.2, 0) is 6.54 Å². The van der Waals surface area contributed by atoms with Crippen LogP contribution in [0.2, 0.25) is 0 Å². The van der Waals surface area contributed by atoms with Crippen molar-refractivity contribution in [3.63, 3.8) is 0 Å². The second kappa shape index (κ2) is 5.28. The van der Waals surface area contributed by atoms with Gasteiger partial charge in [0.25, 0.3) is 0 Å². The molecule has 0 fully saturated rings. The normalized spacial score (nSPS) is 10.6. The molecule has 0 spiro atoms. The molecule has 0 aliphatic carbocycles. The largest absolute Gasteiger partial charge is 0.312 e. The number of nitrogens with one attached hydrogen (secondary N) is 1. The third kappa shape index (κ3) is 2.71. The molecule has 1 nitrogen and oxygen atoms in total. The average molecular weight is 231 g/mol. The molecule has 1 N–H and O–H groups in total. The molecule has 2 rings (SSSR count). The molecule has 0 bridgehead atoms. The van der Waals surface area contributed by atoms with Crippen molar-refractivity contribution in [3.05, 3.63) is 46.8 Å². The van der Waals surface area contributed by atoms with E-state index in [2.05, 4.69) is 55.6 Å². The summed E-state index contributed by atoms with van der Waals surface area (Å²) in [5.74, 6) is 0. The van der Waals surface area contributed by atoms with Gasteiger partial charge in [0.15, 0.2) is 0 Å². The van der Waals surface area contributed by atoms with Gasteiger partial charge in [-0.3, -0.25) is 0 Å². The van der Waals surface area contributed by atoms with Crippen molar-refractivity contribution >= 4 is 11.3 Å². The number of hydrogen-bond donors (Lipinski definition) is 1. The zero-order valence-electron chi connectivity index (χ0n) is 9.79. The summed E-state index contributed by atoms with van der Waals surface area (Å²) in [6.07, 6.45) is 0. The van der Waals surface area contributed by atoms with Gasteiger partial charge in [-0.15, -0.1) is 11.3 Å². The summed E-state index contributed by atoms with van der Waals surface area (Å²) in [4.78, 5) is 2.75. The number of aryl methyl sites for hydroxylation is 1. The van der Waals surface area contributed by atoms with Gasteiger partial charge in [0.2, 0.25) is 0 Å². The fraction of sp³-hybridized carbons (Fsp3) is 0.286. The van der Waals surface area contributed by atoms with E-state index in [0.717, 1.165) is 13.1 Å². The molecule has 1 heterocycles. The van der Waals surface area contributed by atoms with Crippen LogP contribution in [0.15, 0.2) is 36.4 Å². The maximum atomic E-state index is 3.35. The lowest BCUT2D eigenvalue weighted by atomic mass is 10.1. The Morgan fingerprint density at radius 1 is 1.06 bits per heavy atom. The SMILES string of the molecule is CCNCc1ccc(-c2ccc(C)cc2)s1. The first-order valence-corrected chi connectivity index (χ1v) is 6.47. The fourth-order valence-electron chi connectivity index (χ4n) is 1.59. The predicted molar refractivity (Wildman–Crippen MR) is 71.9 cm³/mol. The maximum absolute atomic E-state index is 3.35. The number of thiophene rings is 1. The first-order chi connectivity index (χ1) is 7.79. The first-order valence-electron chi connectivity index (χ1n) is 5.66. The van der Waals surface area contributed by atoms with Gasteiger partial charge in [-0.25, -0.2) is 0 Å². The molecule has 0 atom stereocenters. The smallest absolute Gasteiger partial charge is 0.0346 e. The van der Waals surface area contributed by atoms with E-state index in [1.807, 2.05) is 11.3 Å². The summed E-state index contributed by atoms with van der Waals surface area (Å²) in [6, 6.07) is 13.1. The Bertz CT molecular complexity index is 442. The Morgan fingerprint density at radius 3 is 2.50 bits per heavy atom. The average Bonchev–Trinajstić information content (AvgIpc) is 2.76. The van der Waals surface area contributed by atoms with Crippen LogP contribution in [-0.4, -0.2) is 6.54 Å². The molecule has 16 heavy (non-hydrogen) atoms. The lowest BCUT2D eigenvalue weighted by molar-refractivity contribution is 0.735. The molecule has 0 saturated heterocycles. The van der Waals surface area contributed by atoms with Gasteiger partial charge in [0.1, 0.15) is 0 Å². The Kier molecular flexibility index (Phi) is 3.75. The third-order valence-corrected chi connectivity index (χ3v) is 3.68. The summed E-state index contributed by atoms with van der Waals surface area (Å²) in [5, 5.41) is 3.35. The van der Waals surface area contributed by atoms with Crippen LogP contribution in [0.3, 0.4) is 0 Å². The highest BCUT2D eigenvalue weighted by Gasteiger charge is 2.01. The fourth-order valence-corrected chi connectivity index (χ4v) is 2.58. The van der Waals surface area contributed by atoms with Gasteiger partial charge < -0.3 is 5.32 Å². The van der Waals surface area contributed by atoms with Crippen LogP contribution < -0.4 is 5.32 Å². The zero-order chi connectivity index (χ0) is 11.4. The van der Waals surface area contributed by atoms with Crippen molar-refractivity contribution in [2.75, 3.05) is 6.54 Å². The highest BCUT2D eigenvalue weighted by Crippen LogP contribution is 2.28. The van der Waals surface area contributed by atoms with E-state index in [0.29, 0.717) is 0 Å². The molecule has 2 heteroatoms. The number of rotatable bonds is 4. The van der Waals surface area contributed by atoms with Crippen molar-refractivity contribution < 1.29 is 0 Å². The Labute approximate surface area is 101 Å². The second-order valence-electron chi connectivity index (χ2n) is 3.91. The minimum Gasteiger partial charge on any atom is -0.312 e. The van der Waals surface area contributed by atoms with Crippen molar-refractivity contribution in [2.45, 2.75) is 20.4 Å². The molecule has 1 aromatic carbocycles. The molecule has 0 unspecified atom stereocenters. The third-order valence-electron chi connectivity index (χ3n) is 2.55. The van der Waals surface area contributed by atoms with Crippen LogP contribution in [0.5, 0.6) is 0 Å². The topological polar surface area (TPSA) is 12.0 Å². The summed E-state index contributed by atoms with van der Waals surface area (Å²) in [6.45, 7) is 6.26. The van der Waals surface area contributed by atoms with Crippen LogP contribution in [0.25, 0.3) is 10.4 Å². The first kappa shape index (κ1) is 11.4. The van der Waals surface area contributed by atoms with Crippen LogP contribution in [0, 0.1) is 6.92 Å². The molecule has 1 aromatic heterocycles. The maximum Gasteiger partial charge on any atom is 0.0346 e. The second-order valence-corrected chi connectivity index (χ2v) is 5.08. The van der Waals surface area contributed by atoms with E-state index in [1.165, 1.54) is 20.9 Å². The molecule has 0 radical (unpaired) electrons.